The van der Waals surface area contributed by atoms with Gasteiger partial charge in [0.2, 0.25) is 0 Å². The summed E-state index contributed by atoms with van der Waals surface area (Å²) in [7, 11) is 0. The number of hydrogen-bond acceptors (Lipinski definition) is 5. The summed E-state index contributed by atoms with van der Waals surface area (Å²) in [6, 6.07) is 9.34. The molecule has 3 aliphatic rings. The maximum atomic E-state index is 5.06. The minimum Gasteiger partial charge on any atom is -0.311 e. The van der Waals surface area contributed by atoms with Gasteiger partial charge in [0.15, 0.2) is 0 Å². The second kappa shape index (κ2) is 9.66. The van der Waals surface area contributed by atoms with E-state index in [4.69, 9.17) is 4.98 Å². The number of nitrogens with one attached hydrogen (secondary N) is 4. The Morgan fingerprint density at radius 1 is 0.679 bits per heavy atom. The fourth-order valence-corrected chi connectivity index (χ4v) is 5.43. The Hall–Kier alpha value is -1.01. The predicted molar refractivity (Wildman–Crippen MR) is 115 cm³/mol. The quantitative estimate of drug-likeness (QED) is 0.552. The van der Waals surface area contributed by atoms with Gasteiger partial charge in [-0.1, -0.05) is 31.7 Å². The molecule has 0 amide bonds. The van der Waals surface area contributed by atoms with Gasteiger partial charge in [-0.3, -0.25) is 4.98 Å². The van der Waals surface area contributed by atoms with Crippen LogP contribution in [-0.2, 0) is 0 Å². The van der Waals surface area contributed by atoms with Crippen LogP contribution >= 0.6 is 0 Å². The second-order valence-corrected chi connectivity index (χ2v) is 9.17. The van der Waals surface area contributed by atoms with Crippen LogP contribution in [0.2, 0.25) is 0 Å². The third-order valence-corrected chi connectivity index (χ3v) is 7.08. The van der Waals surface area contributed by atoms with Crippen LogP contribution in [0.4, 0.5) is 0 Å². The van der Waals surface area contributed by atoms with Gasteiger partial charge in [-0.05, 0) is 51.7 Å². The van der Waals surface area contributed by atoms with Crippen molar-refractivity contribution >= 4 is 0 Å². The van der Waals surface area contributed by atoms with Crippen molar-refractivity contribution in [1.29, 1.82) is 0 Å². The van der Waals surface area contributed by atoms with E-state index >= 15 is 0 Å². The summed E-state index contributed by atoms with van der Waals surface area (Å²) in [6.07, 6.45) is 10.4. The molecular formula is C23H39N5. The Kier molecular flexibility index (Phi) is 6.99. The number of nitrogens with zero attached hydrogens (tertiary/aromatic N) is 1. The highest BCUT2D eigenvalue weighted by atomic mass is 15.1. The zero-order chi connectivity index (χ0) is 19.3. The highest BCUT2D eigenvalue weighted by molar-refractivity contribution is 5.17. The van der Waals surface area contributed by atoms with Crippen LogP contribution < -0.4 is 21.3 Å². The third kappa shape index (κ3) is 4.93. The maximum Gasteiger partial charge on any atom is 0.0574 e. The lowest BCUT2D eigenvalue weighted by molar-refractivity contribution is 0.254. The molecule has 0 spiro atoms. The average molecular weight is 386 g/mol. The first-order valence-electron chi connectivity index (χ1n) is 11.7. The number of hydrogen-bond donors (Lipinski definition) is 4. The van der Waals surface area contributed by atoms with E-state index in [2.05, 4.69) is 53.3 Å². The standard InChI is InChI=1S/C23H39N5/c1-16-18-12-7-13-19(28-18)17(2)27-23-11-6-4-9-21(23)25-15-14-24-20-8-3-5-10-22(20)26-16/h7,12-13,16-17,20-27H,3-6,8-11,14-15H2,1-2H3/t16-,17+,20+,21?,22?,23+/m0/s1. The van der Waals surface area contributed by atoms with Crippen molar-refractivity contribution in [3.63, 3.8) is 0 Å². The van der Waals surface area contributed by atoms with Gasteiger partial charge in [-0.25, -0.2) is 0 Å². The van der Waals surface area contributed by atoms with Crippen molar-refractivity contribution in [1.82, 2.24) is 26.3 Å². The molecule has 28 heavy (non-hydrogen) atoms. The van der Waals surface area contributed by atoms with E-state index in [9.17, 15) is 0 Å². The topological polar surface area (TPSA) is 61.0 Å². The Labute approximate surface area is 170 Å². The van der Waals surface area contributed by atoms with Gasteiger partial charge >= 0.3 is 0 Å². The Morgan fingerprint density at radius 2 is 1.11 bits per heavy atom. The monoisotopic (exact) mass is 385 g/mol. The highest BCUT2D eigenvalue weighted by Crippen LogP contribution is 2.24. The number of aromatic nitrogens is 1. The zero-order valence-corrected chi connectivity index (χ0v) is 17.7. The summed E-state index contributed by atoms with van der Waals surface area (Å²) in [6.45, 7) is 6.66. The summed E-state index contributed by atoms with van der Waals surface area (Å²) >= 11 is 0. The molecule has 2 fully saturated rings. The number of fused-ring (bicyclic) bond motifs is 4. The summed E-state index contributed by atoms with van der Waals surface area (Å²) in [5, 5.41) is 15.5. The van der Waals surface area contributed by atoms with Crippen molar-refractivity contribution in [3.8, 4) is 0 Å². The van der Waals surface area contributed by atoms with Crippen LogP contribution in [0, 0.1) is 0 Å². The Morgan fingerprint density at radius 3 is 1.57 bits per heavy atom. The summed E-state index contributed by atoms with van der Waals surface area (Å²) in [5.74, 6) is 0. The first-order valence-corrected chi connectivity index (χ1v) is 11.7. The van der Waals surface area contributed by atoms with Crippen LogP contribution in [0.5, 0.6) is 0 Å². The van der Waals surface area contributed by atoms with Crippen molar-refractivity contribution in [3.05, 3.63) is 29.6 Å². The van der Waals surface area contributed by atoms with Gasteiger partial charge < -0.3 is 21.3 Å². The summed E-state index contributed by atoms with van der Waals surface area (Å²) < 4.78 is 0. The molecule has 4 N–H and O–H groups in total. The average Bonchev–Trinajstić information content (AvgIpc) is 2.73. The van der Waals surface area contributed by atoms with E-state index in [0.717, 1.165) is 13.1 Å². The van der Waals surface area contributed by atoms with Gasteiger partial charge in [0.1, 0.15) is 0 Å². The molecule has 1 aromatic rings. The molecule has 4 rings (SSSR count). The lowest BCUT2D eigenvalue weighted by Gasteiger charge is -2.36. The first kappa shape index (κ1) is 20.3. The summed E-state index contributed by atoms with van der Waals surface area (Å²) in [4.78, 5) is 5.06. The van der Waals surface area contributed by atoms with Crippen LogP contribution in [0.3, 0.4) is 0 Å². The molecule has 0 radical (unpaired) electrons. The Balaban J connectivity index is 1.56. The molecule has 5 nitrogen and oxygen atoms in total. The molecule has 2 heterocycles. The highest BCUT2D eigenvalue weighted by Gasteiger charge is 2.29. The van der Waals surface area contributed by atoms with E-state index in [0.29, 0.717) is 24.2 Å². The Bertz CT molecular complexity index is 572. The predicted octanol–water partition coefficient (Wildman–Crippen LogP) is 3.20. The fraction of sp³-hybridized carbons (Fsp3) is 0.783. The van der Waals surface area contributed by atoms with Crippen LogP contribution in [0.1, 0.15) is 88.7 Å². The second-order valence-electron chi connectivity index (χ2n) is 9.17. The van der Waals surface area contributed by atoms with Crippen molar-refractivity contribution in [2.75, 3.05) is 13.1 Å². The minimum absolute atomic E-state index is 0.283. The molecule has 2 bridgehead atoms. The van der Waals surface area contributed by atoms with Crippen molar-refractivity contribution < 1.29 is 0 Å². The minimum atomic E-state index is 0.283. The molecular weight excluding hydrogens is 346 g/mol. The van der Waals surface area contributed by atoms with E-state index in [1.54, 1.807) is 0 Å². The van der Waals surface area contributed by atoms with E-state index in [1.165, 1.54) is 62.8 Å². The fourth-order valence-electron chi connectivity index (χ4n) is 5.43. The molecule has 156 valence electrons. The lowest BCUT2D eigenvalue weighted by atomic mass is 9.89. The van der Waals surface area contributed by atoms with Gasteiger partial charge in [0.05, 0.1) is 11.4 Å². The third-order valence-electron chi connectivity index (χ3n) is 7.08. The molecule has 2 aliphatic carbocycles. The molecule has 2 unspecified atom stereocenters. The van der Waals surface area contributed by atoms with Gasteiger partial charge in [0, 0.05) is 49.3 Å². The largest absolute Gasteiger partial charge is 0.311 e. The molecule has 1 aliphatic heterocycles. The maximum absolute atomic E-state index is 5.06. The van der Waals surface area contributed by atoms with Gasteiger partial charge in [-0.15, -0.1) is 0 Å². The number of rotatable bonds is 0. The van der Waals surface area contributed by atoms with E-state index < -0.39 is 0 Å². The normalized spacial score (nSPS) is 37.8. The van der Waals surface area contributed by atoms with Gasteiger partial charge in [0.25, 0.3) is 0 Å². The molecule has 6 atom stereocenters. The van der Waals surface area contributed by atoms with Crippen LogP contribution in [0.25, 0.3) is 0 Å². The lowest BCUT2D eigenvalue weighted by Crippen LogP contribution is -2.54. The first-order chi connectivity index (χ1) is 13.7. The summed E-state index contributed by atoms with van der Waals surface area (Å²) in [5.41, 5.74) is 2.34. The SMILES string of the molecule is C[C@@H]1NC2CCCC[C@H]2NCCNC2CCCC[C@H]2N[C@H](C)c2cccc1n2. The molecule has 5 heteroatoms. The number of pyridine rings is 1. The van der Waals surface area contributed by atoms with Crippen molar-refractivity contribution in [2.24, 2.45) is 0 Å². The van der Waals surface area contributed by atoms with Crippen molar-refractivity contribution in [2.45, 2.75) is 101 Å². The molecule has 2 saturated carbocycles. The van der Waals surface area contributed by atoms with E-state index in [1.807, 2.05) is 0 Å². The zero-order valence-electron chi connectivity index (χ0n) is 17.7. The molecule has 0 aromatic carbocycles. The molecule has 0 saturated heterocycles. The van der Waals surface area contributed by atoms with Crippen LogP contribution in [0.15, 0.2) is 18.2 Å². The van der Waals surface area contributed by atoms with Gasteiger partial charge in [-0.2, -0.15) is 0 Å². The smallest absolute Gasteiger partial charge is 0.0574 e. The van der Waals surface area contributed by atoms with Crippen LogP contribution in [-0.4, -0.2) is 42.2 Å². The van der Waals surface area contributed by atoms with E-state index in [-0.39, 0.29) is 12.1 Å². The molecule has 1 aromatic heterocycles.